The van der Waals surface area contributed by atoms with E-state index in [4.69, 9.17) is 12.2 Å². The van der Waals surface area contributed by atoms with Gasteiger partial charge in [0.15, 0.2) is 4.77 Å². The number of aromatic hydroxyl groups is 1. The quantitative estimate of drug-likeness (QED) is 0.662. The molecule has 3 aromatic rings. The van der Waals surface area contributed by atoms with E-state index in [-0.39, 0.29) is 16.3 Å². The zero-order valence-electron chi connectivity index (χ0n) is 9.72. The summed E-state index contributed by atoms with van der Waals surface area (Å²) in [4.78, 5) is 7.04. The highest BCUT2D eigenvalue weighted by molar-refractivity contribution is 7.71. The number of phenolic OH excluding ortho intramolecular Hbond substituents is 1. The molecule has 0 spiro atoms. The molecular weight excluding hydrogens is 263 g/mol. The number of fused-ring (bicyclic) bond motifs is 1. The molecule has 1 heterocycles. The molecule has 0 amide bonds. The van der Waals surface area contributed by atoms with Gasteiger partial charge in [0.05, 0.1) is 16.6 Å². The van der Waals surface area contributed by atoms with E-state index in [1.807, 2.05) is 0 Å². The lowest BCUT2D eigenvalue weighted by molar-refractivity contribution is 0.475. The maximum absolute atomic E-state index is 14.0. The van der Waals surface area contributed by atoms with Crippen LogP contribution in [0.5, 0.6) is 5.75 Å². The van der Waals surface area contributed by atoms with Gasteiger partial charge in [-0.3, -0.25) is 0 Å². The summed E-state index contributed by atoms with van der Waals surface area (Å²) in [5.41, 5.74) is 1.63. The number of halogens is 1. The Morgan fingerprint density at radius 2 is 1.95 bits per heavy atom. The Balaban J connectivity index is 2.43. The first-order valence-electron chi connectivity index (χ1n) is 5.63. The van der Waals surface area contributed by atoms with Crippen LogP contribution in [0.4, 0.5) is 4.39 Å². The third-order valence-electron chi connectivity index (χ3n) is 2.82. The fourth-order valence-electron chi connectivity index (χ4n) is 2.03. The van der Waals surface area contributed by atoms with Crippen LogP contribution in [0.3, 0.4) is 0 Å². The summed E-state index contributed by atoms with van der Waals surface area (Å²) >= 11 is 5.05. The molecule has 0 unspecified atom stereocenters. The number of H-pyrrole nitrogens is 1. The third kappa shape index (κ3) is 2.08. The normalized spacial score (nSPS) is 10.8. The van der Waals surface area contributed by atoms with Gasteiger partial charge in [0.2, 0.25) is 0 Å². The van der Waals surface area contributed by atoms with E-state index < -0.39 is 0 Å². The van der Waals surface area contributed by atoms with Gasteiger partial charge in [-0.2, -0.15) is 0 Å². The summed E-state index contributed by atoms with van der Waals surface area (Å²) in [6.07, 6.45) is 0. The van der Waals surface area contributed by atoms with Gasteiger partial charge in [-0.15, -0.1) is 0 Å². The van der Waals surface area contributed by atoms with Crippen LogP contribution in [0.1, 0.15) is 0 Å². The number of benzene rings is 2. The highest BCUT2D eigenvalue weighted by atomic mass is 32.1. The van der Waals surface area contributed by atoms with E-state index >= 15 is 0 Å². The Morgan fingerprint density at radius 1 is 1.16 bits per heavy atom. The van der Waals surface area contributed by atoms with Crippen molar-refractivity contribution < 1.29 is 9.50 Å². The Morgan fingerprint density at radius 3 is 2.74 bits per heavy atom. The summed E-state index contributed by atoms with van der Waals surface area (Å²) in [5, 5.41) is 9.89. The highest BCUT2D eigenvalue weighted by Gasteiger charge is 2.11. The van der Waals surface area contributed by atoms with Crippen molar-refractivity contribution in [2.24, 2.45) is 0 Å². The second-order valence-electron chi connectivity index (χ2n) is 4.10. The molecule has 0 aliphatic heterocycles. The monoisotopic (exact) mass is 272 g/mol. The van der Waals surface area contributed by atoms with Crippen molar-refractivity contribution in [3.63, 3.8) is 0 Å². The molecule has 0 aliphatic carbocycles. The fourth-order valence-corrected chi connectivity index (χ4v) is 2.23. The smallest absolute Gasteiger partial charge is 0.197 e. The first-order valence-corrected chi connectivity index (χ1v) is 6.04. The third-order valence-corrected chi connectivity index (χ3v) is 3.02. The fraction of sp³-hybridized carbons (Fsp3) is 0. The summed E-state index contributed by atoms with van der Waals surface area (Å²) < 4.78 is 14.3. The minimum atomic E-state index is -0.380. The SMILES string of the molecule is Oc1cccc(-c2nc(=S)[nH]c3cccc(F)c23)c1. The zero-order valence-corrected chi connectivity index (χ0v) is 10.5. The second kappa shape index (κ2) is 4.44. The topological polar surface area (TPSA) is 48.9 Å². The molecule has 0 aliphatic rings. The first kappa shape index (κ1) is 11.8. The van der Waals surface area contributed by atoms with Crippen molar-refractivity contribution in [3.8, 4) is 17.0 Å². The summed E-state index contributed by atoms with van der Waals surface area (Å²) in [6.45, 7) is 0. The molecule has 19 heavy (non-hydrogen) atoms. The number of hydrogen-bond acceptors (Lipinski definition) is 3. The Bertz CT molecular complexity index is 829. The lowest BCUT2D eigenvalue weighted by Crippen LogP contribution is -1.93. The van der Waals surface area contributed by atoms with Crippen LogP contribution in [0.25, 0.3) is 22.2 Å². The van der Waals surface area contributed by atoms with E-state index in [9.17, 15) is 9.50 Å². The van der Waals surface area contributed by atoms with Crippen LogP contribution in [0, 0.1) is 10.6 Å². The van der Waals surface area contributed by atoms with Crippen LogP contribution in [0.15, 0.2) is 42.5 Å². The predicted molar refractivity (Wildman–Crippen MR) is 74.0 cm³/mol. The van der Waals surface area contributed by atoms with Crippen LogP contribution in [-0.2, 0) is 0 Å². The predicted octanol–water partition coefficient (Wildman–Crippen LogP) is 3.80. The van der Waals surface area contributed by atoms with E-state index in [0.717, 1.165) is 0 Å². The molecule has 1 aromatic heterocycles. The van der Waals surface area contributed by atoms with E-state index in [1.54, 1.807) is 30.3 Å². The van der Waals surface area contributed by atoms with Gasteiger partial charge in [0.1, 0.15) is 11.6 Å². The van der Waals surface area contributed by atoms with Crippen molar-refractivity contribution in [1.29, 1.82) is 0 Å². The minimum absolute atomic E-state index is 0.0996. The molecule has 5 heteroatoms. The molecule has 0 radical (unpaired) electrons. The molecule has 0 saturated carbocycles. The van der Waals surface area contributed by atoms with Crippen LogP contribution in [-0.4, -0.2) is 15.1 Å². The van der Waals surface area contributed by atoms with Crippen LogP contribution in [0.2, 0.25) is 0 Å². The standard InChI is InChI=1S/C14H9FN2OS/c15-10-5-2-6-11-12(10)13(17-14(19)16-11)8-3-1-4-9(18)7-8/h1-7,18H,(H,16,17,19). The number of aromatic nitrogens is 2. The number of hydrogen-bond donors (Lipinski definition) is 2. The Hall–Kier alpha value is -2.27. The van der Waals surface area contributed by atoms with Crippen molar-refractivity contribution in [1.82, 2.24) is 9.97 Å². The average Bonchev–Trinajstić information content (AvgIpc) is 2.37. The second-order valence-corrected chi connectivity index (χ2v) is 4.49. The van der Waals surface area contributed by atoms with Crippen LogP contribution < -0.4 is 0 Å². The molecular formula is C14H9FN2OS. The lowest BCUT2D eigenvalue weighted by atomic mass is 10.1. The van der Waals surface area contributed by atoms with E-state index in [1.165, 1.54) is 12.1 Å². The maximum atomic E-state index is 14.0. The lowest BCUT2D eigenvalue weighted by Gasteiger charge is -2.07. The number of nitrogens with zero attached hydrogens (tertiary/aromatic N) is 1. The highest BCUT2D eigenvalue weighted by Crippen LogP contribution is 2.29. The molecule has 2 N–H and O–H groups in total. The van der Waals surface area contributed by atoms with Crippen molar-refractivity contribution in [2.75, 3.05) is 0 Å². The molecule has 0 fully saturated rings. The van der Waals surface area contributed by atoms with Crippen LogP contribution >= 0.6 is 12.2 Å². The number of phenols is 1. The number of aromatic amines is 1. The number of rotatable bonds is 1. The van der Waals surface area contributed by atoms with Gasteiger partial charge >= 0.3 is 0 Å². The molecule has 2 aromatic carbocycles. The van der Waals surface area contributed by atoms with Gasteiger partial charge in [-0.25, -0.2) is 9.37 Å². The van der Waals surface area contributed by atoms with Gasteiger partial charge in [-0.1, -0.05) is 18.2 Å². The molecule has 3 rings (SSSR count). The summed E-state index contributed by atoms with van der Waals surface area (Å²) in [6, 6.07) is 11.2. The van der Waals surface area contributed by atoms with Gasteiger partial charge in [0.25, 0.3) is 0 Å². The van der Waals surface area contributed by atoms with Crippen molar-refractivity contribution in [3.05, 3.63) is 53.1 Å². The van der Waals surface area contributed by atoms with Crippen molar-refractivity contribution in [2.45, 2.75) is 0 Å². The summed E-state index contributed by atoms with van der Waals surface area (Å²) in [5.74, 6) is -0.280. The zero-order chi connectivity index (χ0) is 13.4. The molecule has 0 saturated heterocycles. The molecule has 0 atom stereocenters. The van der Waals surface area contributed by atoms with Gasteiger partial charge in [0, 0.05) is 5.56 Å². The Kier molecular flexibility index (Phi) is 2.76. The average molecular weight is 272 g/mol. The minimum Gasteiger partial charge on any atom is -0.508 e. The summed E-state index contributed by atoms with van der Waals surface area (Å²) in [7, 11) is 0. The maximum Gasteiger partial charge on any atom is 0.197 e. The van der Waals surface area contributed by atoms with E-state index in [2.05, 4.69) is 9.97 Å². The van der Waals surface area contributed by atoms with E-state index in [0.29, 0.717) is 22.2 Å². The molecule has 0 bridgehead atoms. The molecule has 3 nitrogen and oxygen atoms in total. The van der Waals surface area contributed by atoms with Crippen molar-refractivity contribution >= 4 is 23.1 Å². The largest absolute Gasteiger partial charge is 0.508 e. The van der Waals surface area contributed by atoms with Gasteiger partial charge < -0.3 is 10.1 Å². The molecule has 94 valence electrons. The van der Waals surface area contributed by atoms with Gasteiger partial charge in [-0.05, 0) is 36.5 Å². The Labute approximate surface area is 113 Å². The first-order chi connectivity index (χ1) is 9.15. The number of nitrogens with one attached hydrogen (secondary N) is 1.